The Morgan fingerprint density at radius 3 is 2.76 bits per heavy atom. The second-order valence-electron chi connectivity index (χ2n) is 6.81. The highest BCUT2D eigenvalue weighted by Crippen LogP contribution is 2.28. The summed E-state index contributed by atoms with van der Waals surface area (Å²) in [6.07, 6.45) is 2.52. The normalized spacial score (nSPS) is 17.5. The molecule has 1 saturated heterocycles. The minimum absolute atomic E-state index is 0.275. The van der Waals surface area contributed by atoms with E-state index in [-0.39, 0.29) is 6.10 Å². The molecule has 3 aromatic heterocycles. The molecule has 0 bridgehead atoms. The molecule has 1 fully saturated rings. The Hall–Kier alpha value is -2.34. The van der Waals surface area contributed by atoms with Gasteiger partial charge in [0.25, 0.3) is 0 Å². The van der Waals surface area contributed by atoms with E-state index in [1.54, 1.807) is 0 Å². The van der Waals surface area contributed by atoms with Crippen molar-refractivity contribution in [2.45, 2.75) is 46.6 Å². The monoisotopic (exact) mass is 340 g/mol. The molecule has 6 heteroatoms. The molecule has 1 N–H and O–H groups in total. The highest BCUT2D eigenvalue weighted by molar-refractivity contribution is 5.68. The third-order valence-corrected chi connectivity index (χ3v) is 4.92. The molecule has 1 atom stereocenters. The SMILES string of the molecule is Cc1cc(-c2cc3nc(C)c(C)c(NC[C@H]4CCCO4)n3n2)c(C)o1. The Kier molecular flexibility index (Phi) is 4.00. The lowest BCUT2D eigenvalue weighted by Crippen LogP contribution is -2.21. The summed E-state index contributed by atoms with van der Waals surface area (Å²) in [4.78, 5) is 4.70. The van der Waals surface area contributed by atoms with Crippen LogP contribution in [-0.4, -0.2) is 33.9 Å². The van der Waals surface area contributed by atoms with Crippen molar-refractivity contribution >= 4 is 11.5 Å². The summed E-state index contributed by atoms with van der Waals surface area (Å²) in [6.45, 7) is 9.68. The fourth-order valence-electron chi connectivity index (χ4n) is 3.44. The van der Waals surface area contributed by atoms with E-state index >= 15 is 0 Å². The quantitative estimate of drug-likeness (QED) is 0.782. The molecule has 4 rings (SSSR count). The number of ether oxygens (including phenoxy) is 1. The van der Waals surface area contributed by atoms with Crippen LogP contribution in [0.2, 0.25) is 0 Å². The number of nitrogens with zero attached hydrogens (tertiary/aromatic N) is 3. The number of hydrogen-bond acceptors (Lipinski definition) is 5. The van der Waals surface area contributed by atoms with Gasteiger partial charge >= 0.3 is 0 Å². The maximum absolute atomic E-state index is 5.73. The number of aryl methyl sites for hydroxylation is 3. The minimum Gasteiger partial charge on any atom is -0.466 e. The summed E-state index contributed by atoms with van der Waals surface area (Å²) in [6, 6.07) is 4.04. The molecule has 132 valence electrons. The molecule has 0 saturated carbocycles. The Morgan fingerprint density at radius 2 is 2.08 bits per heavy atom. The van der Waals surface area contributed by atoms with Crippen LogP contribution in [0.4, 0.5) is 5.82 Å². The van der Waals surface area contributed by atoms with Gasteiger partial charge in [-0.3, -0.25) is 0 Å². The third kappa shape index (κ3) is 2.91. The van der Waals surface area contributed by atoms with Gasteiger partial charge in [-0.05, 0) is 46.6 Å². The number of aromatic nitrogens is 3. The fourth-order valence-corrected chi connectivity index (χ4v) is 3.44. The average Bonchev–Trinajstić information content (AvgIpc) is 3.28. The summed E-state index contributed by atoms with van der Waals surface area (Å²) in [5.74, 6) is 2.76. The fraction of sp³-hybridized carbons (Fsp3) is 0.474. The van der Waals surface area contributed by atoms with Gasteiger partial charge in [0.15, 0.2) is 5.65 Å². The molecular formula is C19H24N4O2. The van der Waals surface area contributed by atoms with Crippen LogP contribution >= 0.6 is 0 Å². The molecule has 0 aromatic carbocycles. The van der Waals surface area contributed by atoms with E-state index in [1.807, 2.05) is 37.4 Å². The maximum atomic E-state index is 5.73. The van der Waals surface area contributed by atoms with Crippen LogP contribution in [0.15, 0.2) is 16.5 Å². The molecule has 1 aliphatic rings. The highest BCUT2D eigenvalue weighted by Gasteiger charge is 2.19. The lowest BCUT2D eigenvalue weighted by molar-refractivity contribution is 0.120. The molecule has 4 heterocycles. The van der Waals surface area contributed by atoms with Gasteiger partial charge in [-0.2, -0.15) is 9.61 Å². The molecule has 6 nitrogen and oxygen atoms in total. The molecule has 0 radical (unpaired) electrons. The molecular weight excluding hydrogens is 316 g/mol. The smallest absolute Gasteiger partial charge is 0.158 e. The van der Waals surface area contributed by atoms with E-state index < -0.39 is 0 Å². The predicted octanol–water partition coefficient (Wildman–Crippen LogP) is 3.81. The molecule has 0 spiro atoms. The summed E-state index contributed by atoms with van der Waals surface area (Å²) in [5.41, 5.74) is 4.86. The first-order valence-corrected chi connectivity index (χ1v) is 8.83. The van der Waals surface area contributed by atoms with Crippen molar-refractivity contribution in [1.82, 2.24) is 14.6 Å². The van der Waals surface area contributed by atoms with Gasteiger partial charge in [-0.25, -0.2) is 4.98 Å². The first-order valence-electron chi connectivity index (χ1n) is 8.83. The second-order valence-corrected chi connectivity index (χ2v) is 6.81. The van der Waals surface area contributed by atoms with E-state index in [0.29, 0.717) is 0 Å². The van der Waals surface area contributed by atoms with Crippen molar-refractivity contribution in [3.8, 4) is 11.3 Å². The first-order chi connectivity index (χ1) is 12.0. The summed E-state index contributed by atoms with van der Waals surface area (Å²) < 4.78 is 13.3. The van der Waals surface area contributed by atoms with E-state index in [4.69, 9.17) is 19.2 Å². The number of furan rings is 1. The largest absolute Gasteiger partial charge is 0.466 e. The number of fused-ring (bicyclic) bond motifs is 1. The van der Waals surface area contributed by atoms with E-state index in [0.717, 1.165) is 71.5 Å². The average molecular weight is 340 g/mol. The van der Waals surface area contributed by atoms with Crippen LogP contribution in [0.25, 0.3) is 16.9 Å². The Morgan fingerprint density at radius 1 is 1.24 bits per heavy atom. The highest BCUT2D eigenvalue weighted by atomic mass is 16.5. The molecule has 0 amide bonds. The van der Waals surface area contributed by atoms with Gasteiger partial charge < -0.3 is 14.5 Å². The van der Waals surface area contributed by atoms with Gasteiger partial charge in [0, 0.05) is 36.0 Å². The van der Waals surface area contributed by atoms with Crippen molar-refractivity contribution in [3.05, 3.63) is 34.9 Å². The molecule has 0 unspecified atom stereocenters. The zero-order valence-corrected chi connectivity index (χ0v) is 15.2. The second kappa shape index (κ2) is 6.19. The van der Waals surface area contributed by atoms with Gasteiger partial charge in [-0.15, -0.1) is 0 Å². The predicted molar refractivity (Wildman–Crippen MR) is 97.1 cm³/mol. The standard InChI is InChI=1S/C19H24N4O2/c1-11-8-16(14(4)25-11)17-9-18-21-13(3)12(2)19(23(18)22-17)20-10-15-6-5-7-24-15/h8-9,15,20H,5-7,10H2,1-4H3/t15-/m1/s1. The molecule has 25 heavy (non-hydrogen) atoms. The molecule has 0 aliphatic carbocycles. The van der Waals surface area contributed by atoms with Gasteiger partial charge in [-0.1, -0.05) is 0 Å². The van der Waals surface area contributed by atoms with E-state index in [1.165, 1.54) is 0 Å². The van der Waals surface area contributed by atoms with Gasteiger partial charge in [0.2, 0.25) is 0 Å². The zero-order valence-electron chi connectivity index (χ0n) is 15.2. The van der Waals surface area contributed by atoms with Gasteiger partial charge in [0.05, 0.1) is 11.8 Å². The number of hydrogen-bond donors (Lipinski definition) is 1. The Balaban J connectivity index is 1.75. The number of anilines is 1. The van der Waals surface area contributed by atoms with Crippen LogP contribution in [0.1, 0.15) is 35.6 Å². The number of nitrogens with one attached hydrogen (secondary N) is 1. The molecule has 3 aromatic rings. The summed E-state index contributed by atoms with van der Waals surface area (Å²) in [5, 5.41) is 8.33. The zero-order chi connectivity index (χ0) is 17.6. The number of rotatable bonds is 4. The van der Waals surface area contributed by atoms with Crippen LogP contribution in [0, 0.1) is 27.7 Å². The van der Waals surface area contributed by atoms with Crippen molar-refractivity contribution in [2.24, 2.45) is 0 Å². The van der Waals surface area contributed by atoms with E-state index in [2.05, 4.69) is 12.2 Å². The van der Waals surface area contributed by atoms with Crippen molar-refractivity contribution in [2.75, 3.05) is 18.5 Å². The Labute approximate surface area is 147 Å². The minimum atomic E-state index is 0.275. The van der Waals surface area contributed by atoms with Gasteiger partial charge in [0.1, 0.15) is 17.3 Å². The van der Waals surface area contributed by atoms with Crippen LogP contribution < -0.4 is 5.32 Å². The van der Waals surface area contributed by atoms with Crippen LogP contribution in [0.3, 0.4) is 0 Å². The summed E-state index contributed by atoms with van der Waals surface area (Å²) in [7, 11) is 0. The Bertz CT molecular complexity index is 919. The van der Waals surface area contributed by atoms with Crippen molar-refractivity contribution < 1.29 is 9.15 Å². The van der Waals surface area contributed by atoms with Crippen molar-refractivity contribution in [3.63, 3.8) is 0 Å². The maximum Gasteiger partial charge on any atom is 0.158 e. The van der Waals surface area contributed by atoms with E-state index in [9.17, 15) is 0 Å². The summed E-state index contributed by atoms with van der Waals surface area (Å²) >= 11 is 0. The lowest BCUT2D eigenvalue weighted by Gasteiger charge is -2.15. The molecule has 1 aliphatic heterocycles. The van der Waals surface area contributed by atoms with Crippen LogP contribution in [0.5, 0.6) is 0 Å². The first kappa shape index (κ1) is 16.1. The van der Waals surface area contributed by atoms with Crippen LogP contribution in [-0.2, 0) is 4.74 Å². The third-order valence-electron chi connectivity index (χ3n) is 4.92. The topological polar surface area (TPSA) is 64.6 Å². The van der Waals surface area contributed by atoms with Crippen molar-refractivity contribution in [1.29, 1.82) is 0 Å². The lowest BCUT2D eigenvalue weighted by atomic mass is 10.2.